The lowest BCUT2D eigenvalue weighted by Gasteiger charge is -2.08. The van der Waals surface area contributed by atoms with Gasteiger partial charge in [0.25, 0.3) is 0 Å². The summed E-state index contributed by atoms with van der Waals surface area (Å²) in [6, 6.07) is 26.5. The third kappa shape index (κ3) is 7.89. The zero-order valence-electron chi connectivity index (χ0n) is 21.7. The number of rotatable bonds is 9. The summed E-state index contributed by atoms with van der Waals surface area (Å²) in [6.45, 7) is 4.90. The van der Waals surface area contributed by atoms with Crippen LogP contribution >= 0.6 is 23.2 Å². The summed E-state index contributed by atoms with van der Waals surface area (Å²) in [5.41, 5.74) is 22.7. The van der Waals surface area contributed by atoms with Crippen molar-refractivity contribution in [3.63, 3.8) is 0 Å². The molecule has 5 N–H and O–H groups in total. The molecule has 4 aromatic rings. The largest absolute Gasteiger partial charge is 0.383 e. The lowest BCUT2D eigenvalue weighted by atomic mass is 10.1. The number of aryl methyl sites for hydroxylation is 2. The summed E-state index contributed by atoms with van der Waals surface area (Å²) in [5.74, 6) is 0.942. The number of amidine groups is 2. The van der Waals surface area contributed by atoms with Gasteiger partial charge in [0, 0.05) is 21.2 Å². The van der Waals surface area contributed by atoms with Crippen molar-refractivity contribution in [1.82, 2.24) is 0 Å². The van der Waals surface area contributed by atoms with E-state index in [1.165, 1.54) is 0 Å². The van der Waals surface area contributed by atoms with Crippen molar-refractivity contribution in [3.05, 3.63) is 128 Å². The van der Waals surface area contributed by atoms with Crippen LogP contribution in [0.1, 0.15) is 33.4 Å². The van der Waals surface area contributed by atoms with Crippen LogP contribution in [-0.4, -0.2) is 11.7 Å². The second-order valence-electron chi connectivity index (χ2n) is 9.00. The molecule has 0 amide bonds. The molecule has 0 fully saturated rings. The van der Waals surface area contributed by atoms with Crippen molar-refractivity contribution in [2.45, 2.75) is 26.9 Å². The van der Waals surface area contributed by atoms with E-state index in [-0.39, 0.29) is 0 Å². The second-order valence-corrected chi connectivity index (χ2v) is 9.87. The molecule has 0 radical (unpaired) electrons. The molecule has 0 bridgehead atoms. The molecular weight excluding hydrogens is 529 g/mol. The van der Waals surface area contributed by atoms with Crippen LogP contribution in [0.25, 0.3) is 0 Å². The van der Waals surface area contributed by atoms with Crippen LogP contribution in [0.4, 0.5) is 11.4 Å². The van der Waals surface area contributed by atoms with Crippen LogP contribution < -0.4 is 16.9 Å². The maximum Gasteiger partial charge on any atom is 0.126 e. The Hall–Kier alpha value is -4.20. The number of aliphatic imine (C=N–C) groups is 2. The van der Waals surface area contributed by atoms with E-state index in [4.69, 9.17) is 34.7 Å². The highest BCUT2D eigenvalue weighted by Crippen LogP contribution is 2.20. The number of nitrogens with one attached hydrogen (secondary N) is 1. The molecule has 0 saturated heterocycles. The number of benzene rings is 4. The first-order chi connectivity index (χ1) is 18.8. The topological polar surface area (TPSA) is 114 Å². The molecule has 0 aliphatic carbocycles. The average Bonchev–Trinajstić information content (AvgIpc) is 2.92. The number of anilines is 1. The Morgan fingerprint density at radius 1 is 0.667 bits per heavy atom. The van der Waals surface area contributed by atoms with Crippen LogP contribution in [0.15, 0.2) is 105 Å². The lowest BCUT2D eigenvalue weighted by molar-refractivity contribution is 1.06. The molecule has 9 heteroatoms. The van der Waals surface area contributed by atoms with Gasteiger partial charge in [0.15, 0.2) is 0 Å². The van der Waals surface area contributed by atoms with E-state index in [1.54, 1.807) is 0 Å². The number of nitrogens with two attached hydrogens (primary N) is 2. The Kier molecular flexibility index (Phi) is 9.31. The summed E-state index contributed by atoms with van der Waals surface area (Å²) in [5, 5.41) is 9.81. The highest BCUT2D eigenvalue weighted by Gasteiger charge is 2.06. The highest BCUT2D eigenvalue weighted by atomic mass is 35.5. The summed E-state index contributed by atoms with van der Waals surface area (Å²) in [7, 11) is 0. The zero-order chi connectivity index (χ0) is 27.8. The number of hydrogen-bond donors (Lipinski definition) is 3. The standard InChI is InChI=1S/C30H29Cl2N7/c1-19-15-25(11-13-27(19)29(33)35-17-21-3-7-23(31)8-4-21)37-39-38-26-12-14-28(20(2)16-26)30(34)36-18-22-5-9-24(32)10-6-22/h3-16H,17-18H2,1-2H3,(H2,33,35)(H2,34,36)(H,37,38). The Bertz CT molecular complexity index is 1530. The normalized spacial score (nSPS) is 12.2. The minimum absolute atomic E-state index is 0.468. The molecule has 0 heterocycles. The number of halogens is 2. The van der Waals surface area contributed by atoms with Crippen LogP contribution in [0, 0.1) is 13.8 Å². The van der Waals surface area contributed by atoms with E-state index in [1.807, 2.05) is 98.8 Å². The van der Waals surface area contributed by atoms with E-state index in [0.717, 1.165) is 39.1 Å². The predicted octanol–water partition coefficient (Wildman–Crippen LogP) is 7.53. The molecule has 0 saturated carbocycles. The van der Waals surface area contributed by atoms with Gasteiger partial charge in [0.1, 0.15) is 11.7 Å². The van der Waals surface area contributed by atoms with Gasteiger partial charge >= 0.3 is 0 Å². The van der Waals surface area contributed by atoms with Crippen molar-refractivity contribution in [3.8, 4) is 0 Å². The van der Waals surface area contributed by atoms with Gasteiger partial charge < -0.3 is 11.5 Å². The van der Waals surface area contributed by atoms with Gasteiger partial charge in [-0.3, -0.25) is 15.4 Å². The van der Waals surface area contributed by atoms with Gasteiger partial charge in [-0.05, 0) is 96.8 Å². The minimum Gasteiger partial charge on any atom is -0.383 e. The fourth-order valence-corrected chi connectivity index (χ4v) is 4.11. The predicted molar refractivity (Wildman–Crippen MR) is 162 cm³/mol. The molecular formula is C30H29Cl2N7. The van der Waals surface area contributed by atoms with Crippen LogP contribution in [0.3, 0.4) is 0 Å². The van der Waals surface area contributed by atoms with Crippen LogP contribution in [0.5, 0.6) is 0 Å². The van der Waals surface area contributed by atoms with Crippen LogP contribution in [-0.2, 0) is 13.1 Å². The van der Waals surface area contributed by atoms with Crippen molar-refractivity contribution in [1.29, 1.82) is 0 Å². The van der Waals surface area contributed by atoms with Crippen LogP contribution in [0.2, 0.25) is 10.0 Å². The van der Waals surface area contributed by atoms with Crippen molar-refractivity contribution in [2.24, 2.45) is 31.8 Å². The zero-order valence-corrected chi connectivity index (χ0v) is 23.2. The first-order valence-corrected chi connectivity index (χ1v) is 13.0. The average molecular weight is 559 g/mol. The van der Waals surface area contributed by atoms with E-state index in [2.05, 4.69) is 25.7 Å². The Labute approximate surface area is 238 Å². The third-order valence-corrected chi connectivity index (χ3v) is 6.53. The van der Waals surface area contributed by atoms with Gasteiger partial charge in [0.2, 0.25) is 0 Å². The molecule has 4 rings (SSSR count). The van der Waals surface area contributed by atoms with Gasteiger partial charge in [0.05, 0.1) is 24.5 Å². The smallest absolute Gasteiger partial charge is 0.126 e. The lowest BCUT2D eigenvalue weighted by Crippen LogP contribution is -2.15. The van der Waals surface area contributed by atoms with Crippen molar-refractivity contribution < 1.29 is 0 Å². The van der Waals surface area contributed by atoms with Gasteiger partial charge in [-0.1, -0.05) is 52.7 Å². The van der Waals surface area contributed by atoms with Gasteiger partial charge in [-0.2, -0.15) is 0 Å². The molecule has 7 nitrogen and oxygen atoms in total. The first-order valence-electron chi connectivity index (χ1n) is 12.3. The number of nitrogens with zero attached hydrogens (tertiary/aromatic N) is 4. The second kappa shape index (κ2) is 13.0. The fourth-order valence-electron chi connectivity index (χ4n) is 3.86. The Morgan fingerprint density at radius 2 is 1.15 bits per heavy atom. The Morgan fingerprint density at radius 3 is 1.64 bits per heavy atom. The maximum atomic E-state index is 6.24. The monoisotopic (exact) mass is 557 g/mol. The summed E-state index contributed by atoms with van der Waals surface area (Å²) >= 11 is 11.9. The summed E-state index contributed by atoms with van der Waals surface area (Å²) in [6.07, 6.45) is 0. The molecule has 0 aromatic heterocycles. The minimum atomic E-state index is 0.468. The van der Waals surface area contributed by atoms with Crippen molar-refractivity contribution >= 4 is 46.2 Å². The van der Waals surface area contributed by atoms with Crippen molar-refractivity contribution in [2.75, 3.05) is 5.43 Å². The SMILES string of the molecule is Cc1cc(N=NNc2ccc(C(N)=NCc3ccc(Cl)cc3)c(C)c2)ccc1C(N)=NCc1ccc(Cl)cc1. The molecule has 0 aliphatic heterocycles. The maximum absolute atomic E-state index is 6.24. The van der Waals surface area contributed by atoms with E-state index < -0.39 is 0 Å². The molecule has 39 heavy (non-hydrogen) atoms. The Balaban J connectivity index is 1.36. The fraction of sp³-hybridized carbons (Fsp3) is 0.133. The molecule has 0 unspecified atom stereocenters. The first kappa shape index (κ1) is 27.8. The van der Waals surface area contributed by atoms with E-state index in [0.29, 0.717) is 40.5 Å². The van der Waals surface area contributed by atoms with E-state index >= 15 is 0 Å². The van der Waals surface area contributed by atoms with Gasteiger partial charge in [-0.25, -0.2) is 0 Å². The summed E-state index contributed by atoms with van der Waals surface area (Å²) < 4.78 is 0. The third-order valence-electron chi connectivity index (χ3n) is 6.02. The molecule has 0 spiro atoms. The van der Waals surface area contributed by atoms with Gasteiger partial charge in [-0.15, -0.1) is 5.11 Å². The molecule has 198 valence electrons. The quantitative estimate of drug-likeness (QED) is 0.0854. The summed E-state index contributed by atoms with van der Waals surface area (Å²) in [4.78, 5) is 9.02. The highest BCUT2D eigenvalue weighted by molar-refractivity contribution is 6.30. The molecule has 4 aromatic carbocycles. The number of hydrogen-bond acceptors (Lipinski definition) is 4. The van der Waals surface area contributed by atoms with E-state index in [9.17, 15) is 0 Å². The molecule has 0 atom stereocenters. The molecule has 0 aliphatic rings.